The van der Waals surface area contributed by atoms with Gasteiger partial charge >= 0.3 is 0 Å². The summed E-state index contributed by atoms with van der Waals surface area (Å²) in [5, 5.41) is 5.45. The highest BCUT2D eigenvalue weighted by molar-refractivity contribution is 5.80. The Labute approximate surface area is 88.6 Å². The fraction of sp³-hybridized carbons (Fsp3) is 0.300. The van der Waals surface area contributed by atoms with Gasteiger partial charge in [-0.25, -0.2) is 0 Å². The molecule has 0 fully saturated rings. The van der Waals surface area contributed by atoms with Crippen LogP contribution in [0, 0.1) is 0 Å². The lowest BCUT2D eigenvalue weighted by Crippen LogP contribution is -2.26. The highest BCUT2D eigenvalue weighted by Gasteiger charge is 2.01. The van der Waals surface area contributed by atoms with Crippen LogP contribution in [0.1, 0.15) is 0 Å². The SMILES string of the molecule is CNC(=O)CNc1cc(N)cc(OC)c1. The molecule has 0 saturated heterocycles. The number of ether oxygens (including phenoxy) is 1. The van der Waals surface area contributed by atoms with Crippen LogP contribution in [0.2, 0.25) is 0 Å². The summed E-state index contributed by atoms with van der Waals surface area (Å²) in [5.41, 5.74) is 7.00. The molecule has 0 spiro atoms. The quantitative estimate of drug-likeness (QED) is 0.629. The molecule has 0 aromatic heterocycles. The van der Waals surface area contributed by atoms with Gasteiger partial charge < -0.3 is 21.1 Å². The first-order chi connectivity index (χ1) is 7.15. The third kappa shape index (κ3) is 3.38. The van der Waals surface area contributed by atoms with Gasteiger partial charge in [0.2, 0.25) is 5.91 Å². The monoisotopic (exact) mass is 209 g/mol. The summed E-state index contributed by atoms with van der Waals surface area (Å²) < 4.78 is 5.05. The zero-order valence-corrected chi connectivity index (χ0v) is 8.83. The Morgan fingerprint density at radius 1 is 1.47 bits per heavy atom. The van der Waals surface area contributed by atoms with Crippen molar-refractivity contribution in [2.45, 2.75) is 0 Å². The molecule has 0 atom stereocenters. The maximum atomic E-state index is 11.0. The third-order valence-electron chi connectivity index (χ3n) is 1.90. The van der Waals surface area contributed by atoms with Gasteiger partial charge in [-0.15, -0.1) is 0 Å². The smallest absolute Gasteiger partial charge is 0.239 e. The molecule has 5 nitrogen and oxygen atoms in total. The molecule has 0 saturated carbocycles. The largest absolute Gasteiger partial charge is 0.497 e. The molecule has 0 heterocycles. The van der Waals surface area contributed by atoms with Gasteiger partial charge in [0, 0.05) is 30.6 Å². The van der Waals surface area contributed by atoms with E-state index in [1.807, 2.05) is 0 Å². The Balaban J connectivity index is 2.68. The molecule has 1 aromatic carbocycles. The molecular formula is C10H15N3O2. The minimum Gasteiger partial charge on any atom is -0.497 e. The molecule has 4 N–H and O–H groups in total. The molecule has 0 aliphatic carbocycles. The lowest BCUT2D eigenvalue weighted by Gasteiger charge is -2.08. The molecule has 15 heavy (non-hydrogen) atoms. The normalized spacial score (nSPS) is 9.47. The van der Waals surface area contributed by atoms with Crippen molar-refractivity contribution in [3.05, 3.63) is 18.2 Å². The van der Waals surface area contributed by atoms with Crippen molar-refractivity contribution >= 4 is 17.3 Å². The second-order valence-corrected chi connectivity index (χ2v) is 3.02. The molecule has 82 valence electrons. The van der Waals surface area contributed by atoms with Gasteiger partial charge in [0.25, 0.3) is 0 Å². The van der Waals surface area contributed by atoms with Gasteiger partial charge in [0.15, 0.2) is 0 Å². The van der Waals surface area contributed by atoms with Crippen molar-refractivity contribution < 1.29 is 9.53 Å². The van der Waals surface area contributed by atoms with Gasteiger partial charge in [-0.2, -0.15) is 0 Å². The average Bonchev–Trinajstić information content (AvgIpc) is 2.25. The first-order valence-electron chi connectivity index (χ1n) is 4.54. The van der Waals surface area contributed by atoms with Crippen LogP contribution < -0.4 is 21.1 Å². The predicted molar refractivity (Wildman–Crippen MR) is 60.0 cm³/mol. The van der Waals surface area contributed by atoms with Crippen LogP contribution in [-0.2, 0) is 4.79 Å². The molecule has 1 rings (SSSR count). The van der Waals surface area contributed by atoms with E-state index in [1.165, 1.54) is 0 Å². The van der Waals surface area contributed by atoms with Gasteiger partial charge in [-0.3, -0.25) is 4.79 Å². The number of nitrogens with one attached hydrogen (secondary N) is 2. The number of hydrogen-bond acceptors (Lipinski definition) is 4. The van der Waals surface area contributed by atoms with E-state index in [9.17, 15) is 4.79 Å². The number of nitrogen functional groups attached to an aromatic ring is 1. The molecule has 0 radical (unpaired) electrons. The lowest BCUT2D eigenvalue weighted by molar-refractivity contribution is -0.118. The highest BCUT2D eigenvalue weighted by atomic mass is 16.5. The van der Waals surface area contributed by atoms with Crippen LogP contribution in [0.3, 0.4) is 0 Å². The second kappa shape index (κ2) is 5.09. The zero-order valence-electron chi connectivity index (χ0n) is 8.83. The van der Waals surface area contributed by atoms with Crippen LogP contribution in [0.5, 0.6) is 5.75 Å². The molecule has 0 unspecified atom stereocenters. The number of benzene rings is 1. The second-order valence-electron chi connectivity index (χ2n) is 3.02. The van der Waals surface area contributed by atoms with Crippen molar-refractivity contribution in [1.29, 1.82) is 0 Å². The van der Waals surface area contributed by atoms with Gasteiger partial charge in [-0.1, -0.05) is 0 Å². The van der Waals surface area contributed by atoms with Gasteiger partial charge in [-0.05, 0) is 6.07 Å². The first kappa shape index (κ1) is 11.2. The molecule has 5 heteroatoms. The molecule has 0 aliphatic heterocycles. The minimum absolute atomic E-state index is 0.0867. The third-order valence-corrected chi connectivity index (χ3v) is 1.90. The summed E-state index contributed by atoms with van der Waals surface area (Å²) in [6, 6.07) is 5.23. The Kier molecular flexibility index (Phi) is 3.79. The van der Waals surface area contributed by atoms with Crippen LogP contribution in [0.15, 0.2) is 18.2 Å². The summed E-state index contributed by atoms with van der Waals surface area (Å²) in [5.74, 6) is 0.575. The molecule has 0 bridgehead atoms. The molecular weight excluding hydrogens is 194 g/mol. The minimum atomic E-state index is -0.0867. The fourth-order valence-corrected chi connectivity index (χ4v) is 1.11. The van der Waals surface area contributed by atoms with E-state index < -0.39 is 0 Å². The van der Waals surface area contributed by atoms with Crippen molar-refractivity contribution in [3.8, 4) is 5.75 Å². The predicted octanol–water partition coefficient (Wildman–Crippen LogP) is 0.435. The van der Waals surface area contributed by atoms with E-state index in [0.29, 0.717) is 11.4 Å². The maximum absolute atomic E-state index is 11.0. The Hall–Kier alpha value is -1.91. The van der Waals surface area contributed by atoms with Crippen LogP contribution in [-0.4, -0.2) is 26.6 Å². The number of hydrogen-bond donors (Lipinski definition) is 3. The number of carbonyl (C=O) groups is 1. The number of methoxy groups -OCH3 is 1. The van der Waals surface area contributed by atoms with Crippen LogP contribution in [0.25, 0.3) is 0 Å². The molecule has 0 aliphatic rings. The van der Waals surface area contributed by atoms with E-state index in [-0.39, 0.29) is 12.5 Å². The summed E-state index contributed by atoms with van der Waals surface area (Å²) in [6.07, 6.45) is 0. The first-order valence-corrected chi connectivity index (χ1v) is 4.54. The van der Waals surface area contributed by atoms with Crippen molar-refractivity contribution in [1.82, 2.24) is 5.32 Å². The number of amides is 1. The molecule has 1 aromatic rings. The zero-order chi connectivity index (χ0) is 11.3. The van der Waals surface area contributed by atoms with Crippen LogP contribution in [0.4, 0.5) is 11.4 Å². The lowest BCUT2D eigenvalue weighted by atomic mass is 10.2. The number of carbonyl (C=O) groups excluding carboxylic acids is 1. The van der Waals surface area contributed by atoms with Crippen molar-refractivity contribution in [2.75, 3.05) is 31.8 Å². The van der Waals surface area contributed by atoms with E-state index in [2.05, 4.69) is 10.6 Å². The number of rotatable bonds is 4. The van der Waals surface area contributed by atoms with Crippen LogP contribution >= 0.6 is 0 Å². The highest BCUT2D eigenvalue weighted by Crippen LogP contribution is 2.21. The van der Waals surface area contributed by atoms with Crippen molar-refractivity contribution in [2.24, 2.45) is 0 Å². The summed E-state index contributed by atoms with van der Waals surface area (Å²) in [4.78, 5) is 11.0. The van der Waals surface area contributed by atoms with E-state index in [4.69, 9.17) is 10.5 Å². The Morgan fingerprint density at radius 2 is 2.20 bits per heavy atom. The average molecular weight is 209 g/mol. The summed E-state index contributed by atoms with van der Waals surface area (Å²) >= 11 is 0. The summed E-state index contributed by atoms with van der Waals surface area (Å²) in [6.45, 7) is 0.211. The fourth-order valence-electron chi connectivity index (χ4n) is 1.11. The van der Waals surface area contributed by atoms with Gasteiger partial charge in [0.05, 0.1) is 13.7 Å². The van der Waals surface area contributed by atoms with E-state index >= 15 is 0 Å². The topological polar surface area (TPSA) is 76.4 Å². The maximum Gasteiger partial charge on any atom is 0.239 e. The van der Waals surface area contributed by atoms with E-state index in [1.54, 1.807) is 32.4 Å². The summed E-state index contributed by atoms with van der Waals surface area (Å²) in [7, 11) is 3.15. The molecule has 1 amide bonds. The van der Waals surface area contributed by atoms with E-state index in [0.717, 1.165) is 5.69 Å². The van der Waals surface area contributed by atoms with Gasteiger partial charge in [0.1, 0.15) is 5.75 Å². The Morgan fingerprint density at radius 3 is 2.80 bits per heavy atom. The number of nitrogens with two attached hydrogens (primary N) is 1. The number of likely N-dealkylation sites (N-methyl/N-ethyl adjacent to an activating group) is 1. The Bertz CT molecular complexity index is 353. The number of anilines is 2. The standard InChI is InChI=1S/C10H15N3O2/c1-12-10(14)6-13-8-3-7(11)4-9(5-8)15-2/h3-5,13H,6,11H2,1-2H3,(H,12,14). The van der Waals surface area contributed by atoms with Crippen molar-refractivity contribution in [3.63, 3.8) is 0 Å².